The highest BCUT2D eigenvalue weighted by Crippen LogP contribution is 2.32. The number of nitrogens with one attached hydrogen (secondary N) is 1. The fourth-order valence-electron chi connectivity index (χ4n) is 2.16. The summed E-state index contributed by atoms with van der Waals surface area (Å²) in [5, 5.41) is 3.39. The molecular weight excluding hydrogens is 351 g/mol. The Morgan fingerprint density at radius 3 is 2.48 bits per heavy atom. The molecule has 8 heteroatoms. The summed E-state index contributed by atoms with van der Waals surface area (Å²) < 4.78 is 38.4. The molecule has 3 aromatic rings. The van der Waals surface area contributed by atoms with Crippen LogP contribution in [0.1, 0.15) is 20.8 Å². The predicted molar refractivity (Wildman–Crippen MR) is 91.1 cm³/mol. The maximum absolute atomic E-state index is 12.8. The zero-order valence-corrected chi connectivity index (χ0v) is 13.5. The van der Waals surface area contributed by atoms with E-state index < -0.39 is 17.5 Å². The smallest absolute Gasteiger partial charge is 0.382 e. The van der Waals surface area contributed by atoms with E-state index in [1.165, 1.54) is 12.1 Å². The SMILES string of the molecule is Nc1nc(Nc2ccccc2)sc1C(=O)c1cccc(C(F)(F)F)c1. The maximum atomic E-state index is 12.8. The first-order valence-corrected chi connectivity index (χ1v) is 7.96. The molecule has 3 N–H and O–H groups in total. The average Bonchev–Trinajstić information content (AvgIpc) is 2.95. The van der Waals surface area contributed by atoms with Crippen molar-refractivity contribution in [2.75, 3.05) is 11.1 Å². The van der Waals surface area contributed by atoms with Gasteiger partial charge in [-0.05, 0) is 24.3 Å². The van der Waals surface area contributed by atoms with Crippen LogP contribution in [0.3, 0.4) is 0 Å². The number of anilines is 3. The van der Waals surface area contributed by atoms with E-state index in [1.54, 1.807) is 0 Å². The van der Waals surface area contributed by atoms with Crippen LogP contribution in [0.4, 0.5) is 29.8 Å². The highest BCUT2D eigenvalue weighted by molar-refractivity contribution is 7.18. The van der Waals surface area contributed by atoms with Crippen molar-refractivity contribution in [3.8, 4) is 0 Å². The van der Waals surface area contributed by atoms with Crippen LogP contribution >= 0.6 is 11.3 Å². The monoisotopic (exact) mass is 363 g/mol. The zero-order chi connectivity index (χ0) is 18.0. The number of benzene rings is 2. The van der Waals surface area contributed by atoms with E-state index in [0.717, 1.165) is 29.2 Å². The maximum Gasteiger partial charge on any atom is 0.416 e. The number of alkyl halides is 3. The number of nitrogen functional groups attached to an aromatic ring is 1. The van der Waals surface area contributed by atoms with Crippen LogP contribution < -0.4 is 11.1 Å². The summed E-state index contributed by atoms with van der Waals surface area (Å²) in [5.41, 5.74) is 5.56. The Morgan fingerprint density at radius 2 is 1.80 bits per heavy atom. The topological polar surface area (TPSA) is 68.0 Å². The Bertz CT molecular complexity index is 907. The number of aromatic nitrogens is 1. The van der Waals surface area contributed by atoms with E-state index in [-0.39, 0.29) is 16.3 Å². The van der Waals surface area contributed by atoms with Crippen molar-refractivity contribution in [3.05, 3.63) is 70.6 Å². The first kappa shape index (κ1) is 17.0. The summed E-state index contributed by atoms with van der Waals surface area (Å²) in [5.74, 6) is -0.618. The summed E-state index contributed by atoms with van der Waals surface area (Å²) >= 11 is 0.993. The Morgan fingerprint density at radius 1 is 1.08 bits per heavy atom. The fraction of sp³-hybridized carbons (Fsp3) is 0.0588. The van der Waals surface area contributed by atoms with Gasteiger partial charge >= 0.3 is 6.18 Å². The van der Waals surface area contributed by atoms with Gasteiger partial charge in [0.15, 0.2) is 5.13 Å². The van der Waals surface area contributed by atoms with Crippen LogP contribution in [-0.2, 0) is 6.18 Å². The lowest BCUT2D eigenvalue weighted by atomic mass is 10.1. The number of nitrogens with zero attached hydrogens (tertiary/aromatic N) is 1. The van der Waals surface area contributed by atoms with E-state index in [1.807, 2.05) is 30.3 Å². The van der Waals surface area contributed by atoms with Crippen LogP contribution in [0.5, 0.6) is 0 Å². The molecule has 0 bridgehead atoms. The van der Waals surface area contributed by atoms with Crippen LogP contribution in [0.2, 0.25) is 0 Å². The second-order valence-corrected chi connectivity index (χ2v) is 6.13. The molecule has 25 heavy (non-hydrogen) atoms. The average molecular weight is 363 g/mol. The minimum atomic E-state index is -4.52. The number of hydrogen-bond acceptors (Lipinski definition) is 5. The molecule has 0 aliphatic heterocycles. The third kappa shape index (κ3) is 3.80. The number of ketones is 1. The Kier molecular flexibility index (Phi) is 4.45. The van der Waals surface area contributed by atoms with Crippen LogP contribution in [0.25, 0.3) is 0 Å². The Balaban J connectivity index is 1.88. The molecule has 0 aliphatic carbocycles. The van der Waals surface area contributed by atoms with Gasteiger partial charge in [-0.15, -0.1) is 0 Å². The molecule has 0 saturated heterocycles. The van der Waals surface area contributed by atoms with Gasteiger partial charge in [-0.25, -0.2) is 4.98 Å². The second kappa shape index (κ2) is 6.56. The summed E-state index contributed by atoms with van der Waals surface area (Å²) in [6.45, 7) is 0. The number of nitrogens with two attached hydrogens (primary N) is 1. The summed E-state index contributed by atoms with van der Waals surface area (Å²) in [7, 11) is 0. The molecule has 0 saturated carbocycles. The molecule has 0 amide bonds. The number of carbonyl (C=O) groups excluding carboxylic acids is 1. The first-order valence-electron chi connectivity index (χ1n) is 7.15. The minimum Gasteiger partial charge on any atom is -0.382 e. The lowest BCUT2D eigenvalue weighted by Crippen LogP contribution is -2.08. The molecular formula is C17H12F3N3OS. The Hall–Kier alpha value is -2.87. The zero-order valence-electron chi connectivity index (χ0n) is 12.7. The molecule has 0 atom stereocenters. The van der Waals surface area contributed by atoms with E-state index in [2.05, 4.69) is 10.3 Å². The van der Waals surface area contributed by atoms with Crippen LogP contribution in [0, 0.1) is 0 Å². The predicted octanol–water partition coefficient (Wildman–Crippen LogP) is 4.72. The largest absolute Gasteiger partial charge is 0.416 e. The Labute approximate surface area is 145 Å². The number of halogens is 3. The van der Waals surface area contributed by atoms with Gasteiger partial charge in [0.25, 0.3) is 0 Å². The molecule has 0 spiro atoms. The molecule has 128 valence electrons. The lowest BCUT2D eigenvalue weighted by Gasteiger charge is -2.07. The number of hydrogen-bond donors (Lipinski definition) is 2. The second-order valence-electron chi connectivity index (χ2n) is 5.13. The van der Waals surface area contributed by atoms with Gasteiger partial charge in [0, 0.05) is 11.3 Å². The summed E-state index contributed by atoms with van der Waals surface area (Å²) in [6.07, 6.45) is -4.52. The van der Waals surface area contributed by atoms with Crippen molar-refractivity contribution in [2.45, 2.75) is 6.18 Å². The van der Waals surface area contributed by atoms with Crippen molar-refractivity contribution in [1.29, 1.82) is 0 Å². The van der Waals surface area contributed by atoms with Crippen molar-refractivity contribution >= 4 is 33.8 Å². The molecule has 3 rings (SSSR count). The van der Waals surface area contributed by atoms with Crippen molar-refractivity contribution in [3.63, 3.8) is 0 Å². The van der Waals surface area contributed by atoms with Crippen LogP contribution in [0.15, 0.2) is 54.6 Å². The third-order valence-corrected chi connectivity index (χ3v) is 4.32. The molecule has 2 aromatic carbocycles. The molecule has 0 fully saturated rings. The van der Waals surface area contributed by atoms with E-state index in [0.29, 0.717) is 5.13 Å². The third-order valence-electron chi connectivity index (χ3n) is 3.34. The van der Waals surface area contributed by atoms with Gasteiger partial charge in [-0.2, -0.15) is 13.2 Å². The lowest BCUT2D eigenvalue weighted by molar-refractivity contribution is -0.137. The van der Waals surface area contributed by atoms with Gasteiger partial charge in [-0.1, -0.05) is 41.7 Å². The minimum absolute atomic E-state index is 0.0224. The van der Waals surface area contributed by atoms with Crippen molar-refractivity contribution in [1.82, 2.24) is 4.98 Å². The fourth-order valence-corrected chi connectivity index (χ4v) is 3.03. The van der Waals surface area contributed by atoms with E-state index in [4.69, 9.17) is 5.73 Å². The van der Waals surface area contributed by atoms with E-state index in [9.17, 15) is 18.0 Å². The normalized spacial score (nSPS) is 11.3. The van der Waals surface area contributed by atoms with Gasteiger partial charge < -0.3 is 11.1 Å². The van der Waals surface area contributed by atoms with Gasteiger partial charge in [-0.3, -0.25) is 4.79 Å². The van der Waals surface area contributed by atoms with Gasteiger partial charge in [0.05, 0.1) is 5.56 Å². The quantitative estimate of drug-likeness (QED) is 0.658. The molecule has 1 aromatic heterocycles. The first-order chi connectivity index (χ1) is 11.8. The summed E-state index contributed by atoms with van der Waals surface area (Å²) in [4.78, 5) is 16.7. The number of rotatable bonds is 4. The number of thiazole rings is 1. The highest BCUT2D eigenvalue weighted by atomic mass is 32.1. The highest BCUT2D eigenvalue weighted by Gasteiger charge is 2.31. The summed E-state index contributed by atoms with van der Waals surface area (Å²) in [6, 6.07) is 13.4. The van der Waals surface area contributed by atoms with Crippen molar-refractivity contribution in [2.24, 2.45) is 0 Å². The molecule has 0 aliphatic rings. The van der Waals surface area contributed by atoms with E-state index >= 15 is 0 Å². The molecule has 4 nitrogen and oxygen atoms in total. The van der Waals surface area contributed by atoms with Crippen molar-refractivity contribution < 1.29 is 18.0 Å². The van der Waals surface area contributed by atoms with Crippen LogP contribution in [-0.4, -0.2) is 10.8 Å². The van der Waals surface area contributed by atoms with Gasteiger partial charge in [0.2, 0.25) is 5.78 Å². The number of carbonyl (C=O) groups is 1. The molecule has 0 radical (unpaired) electrons. The number of para-hydroxylation sites is 1. The van der Waals surface area contributed by atoms with Gasteiger partial charge in [0.1, 0.15) is 10.7 Å². The molecule has 1 heterocycles. The standard InChI is InChI=1S/C17H12F3N3OS/c18-17(19,20)11-6-4-5-10(9-11)13(24)14-15(21)23-16(25-14)22-12-7-2-1-3-8-12/h1-9H,21H2,(H,22,23). The molecule has 0 unspecified atom stereocenters.